The minimum absolute atomic E-state index is 0.0206. The fraction of sp³-hybridized carbons (Fsp3) is 0.455. The Labute approximate surface area is 99.6 Å². The molecule has 0 fully saturated rings. The Morgan fingerprint density at radius 2 is 2.35 bits per heavy atom. The number of aryl methyl sites for hydroxylation is 1. The van der Waals surface area contributed by atoms with Gasteiger partial charge in [-0.2, -0.15) is 5.26 Å². The maximum absolute atomic E-state index is 11.0. The third-order valence-corrected chi connectivity index (χ3v) is 2.46. The van der Waals surface area contributed by atoms with Crippen molar-refractivity contribution in [1.29, 1.82) is 5.26 Å². The zero-order valence-electron chi connectivity index (χ0n) is 9.88. The van der Waals surface area contributed by atoms with E-state index < -0.39 is 4.92 Å². The van der Waals surface area contributed by atoms with Crippen molar-refractivity contribution in [3.05, 3.63) is 27.9 Å². The molecule has 0 aliphatic rings. The molecular formula is C11H14N4O2. The van der Waals surface area contributed by atoms with E-state index >= 15 is 0 Å². The maximum Gasteiger partial charge on any atom is 0.314 e. The highest BCUT2D eigenvalue weighted by atomic mass is 16.6. The summed E-state index contributed by atoms with van der Waals surface area (Å²) in [6, 6.07) is 3.64. The van der Waals surface area contributed by atoms with Crippen LogP contribution in [0.5, 0.6) is 0 Å². The van der Waals surface area contributed by atoms with Crippen molar-refractivity contribution in [2.24, 2.45) is 0 Å². The van der Waals surface area contributed by atoms with Crippen molar-refractivity contribution in [3.8, 4) is 6.07 Å². The zero-order chi connectivity index (χ0) is 12.8. The van der Waals surface area contributed by atoms with Crippen LogP contribution in [0.25, 0.3) is 0 Å². The molecule has 6 heteroatoms. The van der Waals surface area contributed by atoms with Crippen LogP contribution in [-0.4, -0.2) is 23.0 Å². The van der Waals surface area contributed by atoms with Crippen LogP contribution in [-0.2, 0) is 0 Å². The molecule has 0 unspecified atom stereocenters. The number of rotatable bonds is 5. The monoisotopic (exact) mass is 234 g/mol. The van der Waals surface area contributed by atoms with Gasteiger partial charge >= 0.3 is 5.69 Å². The Balaban J connectivity index is 3.15. The molecule has 90 valence electrons. The van der Waals surface area contributed by atoms with Gasteiger partial charge in [0.05, 0.1) is 17.4 Å². The Kier molecular flexibility index (Phi) is 4.40. The lowest BCUT2D eigenvalue weighted by Crippen LogP contribution is -2.25. The lowest BCUT2D eigenvalue weighted by Gasteiger charge is -2.20. The summed E-state index contributed by atoms with van der Waals surface area (Å²) < 4.78 is 0. The number of pyridine rings is 1. The first kappa shape index (κ1) is 12.9. The predicted octanol–water partition coefficient (Wildman–Crippen LogP) is 2.04. The topological polar surface area (TPSA) is 83.1 Å². The summed E-state index contributed by atoms with van der Waals surface area (Å²) in [7, 11) is 0. The molecule has 0 amide bonds. The second kappa shape index (κ2) is 5.80. The minimum Gasteiger partial charge on any atom is -0.350 e. The molecule has 1 rings (SSSR count). The van der Waals surface area contributed by atoms with E-state index in [9.17, 15) is 10.1 Å². The number of nitro groups is 1. The Hall–Kier alpha value is -2.16. The van der Waals surface area contributed by atoms with Crippen molar-refractivity contribution in [2.75, 3.05) is 18.0 Å². The maximum atomic E-state index is 11.0. The van der Waals surface area contributed by atoms with Gasteiger partial charge in [0.1, 0.15) is 0 Å². The van der Waals surface area contributed by atoms with E-state index in [0.717, 1.165) is 0 Å². The largest absolute Gasteiger partial charge is 0.350 e. The Morgan fingerprint density at radius 3 is 2.88 bits per heavy atom. The van der Waals surface area contributed by atoms with E-state index in [1.54, 1.807) is 24.1 Å². The van der Waals surface area contributed by atoms with E-state index in [2.05, 4.69) is 4.98 Å². The molecule has 0 saturated heterocycles. The highest BCUT2D eigenvalue weighted by Crippen LogP contribution is 2.28. The third-order valence-electron chi connectivity index (χ3n) is 2.46. The van der Waals surface area contributed by atoms with Crippen LogP contribution in [0.1, 0.15) is 18.9 Å². The predicted molar refractivity (Wildman–Crippen MR) is 63.7 cm³/mol. The molecule has 0 atom stereocenters. The third kappa shape index (κ3) is 2.91. The molecule has 1 aromatic rings. The summed E-state index contributed by atoms with van der Waals surface area (Å²) in [5, 5.41) is 19.6. The molecule has 1 heterocycles. The van der Waals surface area contributed by atoms with Gasteiger partial charge in [0.2, 0.25) is 5.82 Å². The number of anilines is 1. The quantitative estimate of drug-likeness (QED) is 0.575. The van der Waals surface area contributed by atoms with Gasteiger partial charge in [-0.25, -0.2) is 4.98 Å². The van der Waals surface area contributed by atoms with Gasteiger partial charge < -0.3 is 4.90 Å². The average molecular weight is 234 g/mol. The van der Waals surface area contributed by atoms with Gasteiger partial charge in [-0.05, 0) is 19.9 Å². The lowest BCUT2D eigenvalue weighted by atomic mass is 10.2. The van der Waals surface area contributed by atoms with E-state index in [4.69, 9.17) is 5.26 Å². The summed E-state index contributed by atoms with van der Waals surface area (Å²) in [6.07, 6.45) is 1.87. The zero-order valence-corrected chi connectivity index (χ0v) is 9.88. The van der Waals surface area contributed by atoms with E-state index in [1.165, 1.54) is 0 Å². The van der Waals surface area contributed by atoms with Crippen LogP contribution in [0.4, 0.5) is 11.5 Å². The van der Waals surface area contributed by atoms with Crippen LogP contribution < -0.4 is 4.90 Å². The number of nitriles is 1. The average Bonchev–Trinajstić information content (AvgIpc) is 2.29. The van der Waals surface area contributed by atoms with E-state index in [1.807, 2.05) is 13.0 Å². The molecule has 0 N–H and O–H groups in total. The van der Waals surface area contributed by atoms with E-state index in [0.29, 0.717) is 30.9 Å². The van der Waals surface area contributed by atoms with Crippen molar-refractivity contribution >= 4 is 11.5 Å². The van der Waals surface area contributed by atoms with Crippen LogP contribution in [0, 0.1) is 28.4 Å². The molecule has 0 aromatic carbocycles. The van der Waals surface area contributed by atoms with Gasteiger partial charge in [-0.15, -0.1) is 0 Å². The van der Waals surface area contributed by atoms with Crippen LogP contribution in [0.3, 0.4) is 0 Å². The number of hydrogen-bond donors (Lipinski definition) is 0. The molecular weight excluding hydrogens is 220 g/mol. The second-order valence-corrected chi connectivity index (χ2v) is 3.54. The molecule has 17 heavy (non-hydrogen) atoms. The SMILES string of the molecule is CCN(CCC#N)c1nccc(C)c1[N+](=O)[O-]. The smallest absolute Gasteiger partial charge is 0.314 e. The molecule has 0 aliphatic carbocycles. The number of hydrogen-bond acceptors (Lipinski definition) is 5. The first-order valence-corrected chi connectivity index (χ1v) is 5.33. The summed E-state index contributed by atoms with van der Waals surface area (Å²) >= 11 is 0. The molecule has 0 saturated carbocycles. The number of aromatic nitrogens is 1. The van der Waals surface area contributed by atoms with Crippen LogP contribution in [0.15, 0.2) is 12.3 Å². The van der Waals surface area contributed by atoms with Gasteiger partial charge in [0, 0.05) is 24.8 Å². The van der Waals surface area contributed by atoms with Crippen LogP contribution in [0.2, 0.25) is 0 Å². The van der Waals surface area contributed by atoms with Gasteiger partial charge in [-0.3, -0.25) is 10.1 Å². The molecule has 0 aliphatic heterocycles. The molecule has 0 bridgehead atoms. The van der Waals surface area contributed by atoms with Gasteiger partial charge in [0.25, 0.3) is 0 Å². The minimum atomic E-state index is -0.424. The number of nitrogens with zero attached hydrogens (tertiary/aromatic N) is 4. The molecule has 6 nitrogen and oxygen atoms in total. The van der Waals surface area contributed by atoms with Crippen molar-refractivity contribution in [1.82, 2.24) is 4.98 Å². The molecule has 0 spiro atoms. The van der Waals surface area contributed by atoms with Gasteiger partial charge in [-0.1, -0.05) is 0 Å². The molecule has 0 radical (unpaired) electrons. The second-order valence-electron chi connectivity index (χ2n) is 3.54. The summed E-state index contributed by atoms with van der Waals surface area (Å²) in [6.45, 7) is 4.59. The Bertz CT molecular complexity index is 453. The summed E-state index contributed by atoms with van der Waals surface area (Å²) in [4.78, 5) is 16.4. The summed E-state index contributed by atoms with van der Waals surface area (Å²) in [5.74, 6) is 0.341. The standard InChI is InChI=1S/C11H14N4O2/c1-3-14(8-4-6-12)11-10(15(16)17)9(2)5-7-13-11/h5,7H,3-4,8H2,1-2H3. The lowest BCUT2D eigenvalue weighted by molar-refractivity contribution is -0.384. The first-order chi connectivity index (χ1) is 8.11. The van der Waals surface area contributed by atoms with E-state index in [-0.39, 0.29) is 5.69 Å². The Morgan fingerprint density at radius 1 is 1.65 bits per heavy atom. The highest BCUT2D eigenvalue weighted by molar-refractivity contribution is 5.61. The summed E-state index contributed by atoms with van der Waals surface area (Å²) in [5.41, 5.74) is 0.600. The van der Waals surface area contributed by atoms with Crippen molar-refractivity contribution in [3.63, 3.8) is 0 Å². The fourth-order valence-electron chi connectivity index (χ4n) is 1.59. The van der Waals surface area contributed by atoms with Crippen molar-refractivity contribution < 1.29 is 4.92 Å². The van der Waals surface area contributed by atoms with Crippen LogP contribution >= 0.6 is 0 Å². The highest BCUT2D eigenvalue weighted by Gasteiger charge is 2.22. The first-order valence-electron chi connectivity index (χ1n) is 5.33. The fourth-order valence-corrected chi connectivity index (χ4v) is 1.59. The van der Waals surface area contributed by atoms with Crippen molar-refractivity contribution in [2.45, 2.75) is 20.3 Å². The molecule has 1 aromatic heterocycles. The van der Waals surface area contributed by atoms with Gasteiger partial charge in [0.15, 0.2) is 0 Å². The normalized spacial score (nSPS) is 9.71.